The Bertz CT molecular complexity index is 319. The van der Waals surface area contributed by atoms with E-state index in [1.54, 1.807) is 0 Å². The predicted octanol–water partition coefficient (Wildman–Crippen LogP) is -1.000. The summed E-state index contributed by atoms with van der Waals surface area (Å²) in [6, 6.07) is -0.910. The lowest BCUT2D eigenvalue weighted by Gasteiger charge is -2.30. The number of rotatable bonds is 0. The highest BCUT2D eigenvalue weighted by Gasteiger charge is 2.53. The number of nitrogens with one attached hydrogen (secondary N) is 1. The van der Waals surface area contributed by atoms with Crippen molar-refractivity contribution in [3.63, 3.8) is 0 Å². The van der Waals surface area contributed by atoms with Crippen molar-refractivity contribution in [3.8, 4) is 0 Å². The highest BCUT2D eigenvalue weighted by molar-refractivity contribution is 5.90. The van der Waals surface area contributed by atoms with Crippen LogP contribution in [0.2, 0.25) is 0 Å². The Morgan fingerprint density at radius 3 is 3.00 bits per heavy atom. The number of hydroxylamine groups is 2. The van der Waals surface area contributed by atoms with Gasteiger partial charge >= 0.3 is 6.03 Å². The average Bonchev–Trinajstić information content (AvgIpc) is 2.65. The van der Waals surface area contributed by atoms with E-state index in [1.165, 1.54) is 4.90 Å². The summed E-state index contributed by atoms with van der Waals surface area (Å²) in [5.74, 6) is 0.0828. The number of piperidine rings is 1. The molecule has 0 aromatic carbocycles. The SMILES string of the molecule is O=C1NCC2CC3CN(C(=O)N3O)C12. The van der Waals surface area contributed by atoms with Gasteiger partial charge in [-0.3, -0.25) is 10.0 Å². The third-order valence-corrected chi connectivity index (χ3v) is 3.36. The van der Waals surface area contributed by atoms with Crippen LogP contribution in [0.4, 0.5) is 4.79 Å². The number of hydrogen-bond donors (Lipinski definition) is 2. The number of urea groups is 1. The first-order valence-corrected chi connectivity index (χ1v) is 4.75. The first-order valence-electron chi connectivity index (χ1n) is 4.75. The van der Waals surface area contributed by atoms with Crippen LogP contribution in [-0.4, -0.2) is 52.3 Å². The second kappa shape index (κ2) is 2.38. The number of nitrogens with zero attached hydrogens (tertiary/aromatic N) is 2. The van der Waals surface area contributed by atoms with Gasteiger partial charge in [-0.1, -0.05) is 0 Å². The van der Waals surface area contributed by atoms with Crippen LogP contribution >= 0.6 is 0 Å². The Kier molecular flexibility index (Phi) is 1.37. The second-order valence-electron chi connectivity index (χ2n) is 4.12. The van der Waals surface area contributed by atoms with Gasteiger partial charge in [0.15, 0.2) is 0 Å². The van der Waals surface area contributed by atoms with Crippen molar-refractivity contribution < 1.29 is 14.8 Å². The van der Waals surface area contributed by atoms with Crippen molar-refractivity contribution in [2.24, 2.45) is 5.92 Å². The van der Waals surface area contributed by atoms with E-state index in [0.29, 0.717) is 19.5 Å². The molecule has 14 heavy (non-hydrogen) atoms. The molecule has 3 aliphatic rings. The Hall–Kier alpha value is -1.30. The lowest BCUT2D eigenvalue weighted by molar-refractivity contribution is -0.123. The summed E-state index contributed by atoms with van der Waals surface area (Å²) in [4.78, 5) is 24.4. The zero-order chi connectivity index (χ0) is 9.87. The van der Waals surface area contributed by atoms with Crippen molar-refractivity contribution in [1.29, 1.82) is 0 Å². The fourth-order valence-electron chi connectivity index (χ4n) is 2.70. The van der Waals surface area contributed by atoms with E-state index in [1.807, 2.05) is 0 Å². The van der Waals surface area contributed by atoms with Gasteiger partial charge in [0.05, 0.1) is 6.04 Å². The summed E-state index contributed by atoms with van der Waals surface area (Å²) in [5, 5.41) is 12.9. The lowest BCUT2D eigenvalue weighted by Crippen LogP contribution is -2.47. The predicted molar refractivity (Wildman–Crippen MR) is 44.4 cm³/mol. The topological polar surface area (TPSA) is 72.9 Å². The standard InChI is InChI=1S/C8H11N3O3/c12-7-6-4(2-9-7)1-5-3-10(6)8(13)11(5)14/h4-6,14H,1-3H2,(H,9,12). The molecule has 3 atom stereocenters. The summed E-state index contributed by atoms with van der Waals surface area (Å²) in [6.07, 6.45) is 0.710. The molecule has 0 saturated carbocycles. The summed E-state index contributed by atoms with van der Waals surface area (Å²) < 4.78 is 0. The van der Waals surface area contributed by atoms with Gasteiger partial charge in [-0.2, -0.15) is 0 Å². The smallest absolute Gasteiger partial charge is 0.344 e. The van der Waals surface area contributed by atoms with Gasteiger partial charge in [0.1, 0.15) is 6.04 Å². The van der Waals surface area contributed by atoms with E-state index < -0.39 is 6.03 Å². The molecule has 3 aliphatic heterocycles. The van der Waals surface area contributed by atoms with Gasteiger partial charge in [-0.05, 0) is 6.42 Å². The van der Waals surface area contributed by atoms with Crippen LogP contribution in [0.5, 0.6) is 0 Å². The average molecular weight is 197 g/mol. The van der Waals surface area contributed by atoms with E-state index in [-0.39, 0.29) is 23.9 Å². The second-order valence-corrected chi connectivity index (χ2v) is 4.12. The maximum absolute atomic E-state index is 11.5. The maximum Gasteiger partial charge on any atom is 0.344 e. The molecule has 3 heterocycles. The Labute approximate surface area is 80.4 Å². The van der Waals surface area contributed by atoms with Gasteiger partial charge in [0.25, 0.3) is 0 Å². The molecule has 0 spiro atoms. The largest absolute Gasteiger partial charge is 0.354 e. The molecule has 0 aliphatic carbocycles. The highest BCUT2D eigenvalue weighted by Crippen LogP contribution is 2.34. The van der Waals surface area contributed by atoms with E-state index in [4.69, 9.17) is 0 Å². The van der Waals surface area contributed by atoms with Crippen LogP contribution in [0.25, 0.3) is 0 Å². The molecule has 3 amide bonds. The minimum absolute atomic E-state index is 0.0860. The summed E-state index contributed by atoms with van der Waals surface area (Å²) >= 11 is 0. The van der Waals surface area contributed by atoms with E-state index in [9.17, 15) is 14.8 Å². The molecule has 0 aromatic rings. The fourth-order valence-corrected chi connectivity index (χ4v) is 2.70. The van der Waals surface area contributed by atoms with E-state index in [2.05, 4.69) is 5.32 Å². The van der Waals surface area contributed by atoms with Gasteiger partial charge in [0, 0.05) is 19.0 Å². The first kappa shape index (κ1) is 8.05. The molecule has 3 unspecified atom stereocenters. The molecule has 6 heteroatoms. The normalized spacial score (nSPS) is 40.2. The third-order valence-electron chi connectivity index (χ3n) is 3.36. The minimum Gasteiger partial charge on any atom is -0.354 e. The molecule has 3 saturated heterocycles. The molecular weight excluding hydrogens is 186 g/mol. The quantitative estimate of drug-likeness (QED) is 0.489. The van der Waals surface area contributed by atoms with Crippen LogP contribution in [0.15, 0.2) is 0 Å². The Morgan fingerprint density at radius 2 is 2.21 bits per heavy atom. The molecule has 2 bridgehead atoms. The molecule has 0 aromatic heterocycles. The lowest BCUT2D eigenvalue weighted by atomic mass is 9.91. The molecule has 3 fully saturated rings. The zero-order valence-electron chi connectivity index (χ0n) is 7.51. The number of carbonyl (C=O) groups excluding carboxylic acids is 2. The van der Waals surface area contributed by atoms with Crippen molar-refractivity contribution >= 4 is 11.9 Å². The number of carbonyl (C=O) groups is 2. The monoisotopic (exact) mass is 197 g/mol. The van der Waals surface area contributed by atoms with Crippen molar-refractivity contribution in [2.45, 2.75) is 18.5 Å². The summed E-state index contributed by atoms with van der Waals surface area (Å²) in [6.45, 7) is 1.10. The molecule has 3 rings (SSSR count). The van der Waals surface area contributed by atoms with Crippen molar-refractivity contribution in [2.75, 3.05) is 13.1 Å². The molecular formula is C8H11N3O3. The van der Waals surface area contributed by atoms with Crippen LogP contribution in [-0.2, 0) is 4.79 Å². The van der Waals surface area contributed by atoms with E-state index in [0.717, 1.165) is 5.06 Å². The van der Waals surface area contributed by atoms with Crippen molar-refractivity contribution in [1.82, 2.24) is 15.3 Å². The summed E-state index contributed by atoms with van der Waals surface area (Å²) in [5.41, 5.74) is 0. The first-order chi connectivity index (χ1) is 6.68. The molecule has 0 radical (unpaired) electrons. The number of amides is 3. The van der Waals surface area contributed by atoms with Crippen LogP contribution < -0.4 is 5.32 Å². The Morgan fingerprint density at radius 1 is 1.43 bits per heavy atom. The summed E-state index contributed by atoms with van der Waals surface area (Å²) in [7, 11) is 0. The molecule has 6 nitrogen and oxygen atoms in total. The minimum atomic E-state index is -0.431. The zero-order valence-corrected chi connectivity index (χ0v) is 7.51. The third kappa shape index (κ3) is 0.790. The van der Waals surface area contributed by atoms with Gasteiger partial charge < -0.3 is 10.2 Å². The van der Waals surface area contributed by atoms with E-state index >= 15 is 0 Å². The van der Waals surface area contributed by atoms with Gasteiger partial charge in [0.2, 0.25) is 5.91 Å². The van der Waals surface area contributed by atoms with Gasteiger partial charge in [-0.15, -0.1) is 0 Å². The maximum atomic E-state index is 11.5. The van der Waals surface area contributed by atoms with Gasteiger partial charge in [-0.25, -0.2) is 9.86 Å². The number of hydrogen-bond acceptors (Lipinski definition) is 3. The highest BCUT2D eigenvalue weighted by atomic mass is 16.5. The van der Waals surface area contributed by atoms with Crippen molar-refractivity contribution in [3.05, 3.63) is 0 Å². The molecule has 2 N–H and O–H groups in total. The van der Waals surface area contributed by atoms with Crippen LogP contribution in [0, 0.1) is 5.92 Å². The van der Waals surface area contributed by atoms with Crippen LogP contribution in [0.1, 0.15) is 6.42 Å². The molecule has 76 valence electrons. The van der Waals surface area contributed by atoms with Crippen LogP contribution in [0.3, 0.4) is 0 Å². The number of fused-ring (bicyclic) bond motifs is 4. The fraction of sp³-hybridized carbons (Fsp3) is 0.750. The Balaban J connectivity index is 1.97.